The Bertz CT molecular complexity index is 1290. The number of benzene rings is 2. The van der Waals surface area contributed by atoms with Crippen LogP contribution in [0.15, 0.2) is 70.1 Å². The molecule has 0 bridgehead atoms. The SMILES string of the molecule is O=C(CCCn1c(=O)oc2cc([N+](=O)[O-])ccc21)Nc1ccccc1Cn1cccn1. The van der Waals surface area contributed by atoms with E-state index in [4.69, 9.17) is 4.42 Å². The van der Waals surface area contributed by atoms with Gasteiger partial charge in [0.25, 0.3) is 5.69 Å². The molecule has 10 heteroatoms. The van der Waals surface area contributed by atoms with Crippen LogP contribution in [0.3, 0.4) is 0 Å². The highest BCUT2D eigenvalue weighted by Crippen LogP contribution is 2.21. The second kappa shape index (κ2) is 8.66. The standard InChI is InChI=1S/C21H19N5O5/c27-20(23-17-6-2-1-5-15(17)14-24-11-4-10-22-24)7-3-12-25-18-9-8-16(26(29)30)13-19(18)31-21(25)28/h1-2,4-6,8-11,13H,3,7,12,14H2,(H,23,27). The molecule has 2 aromatic carbocycles. The zero-order valence-electron chi connectivity index (χ0n) is 16.4. The van der Waals surface area contributed by atoms with Crippen molar-refractivity contribution in [2.75, 3.05) is 5.32 Å². The summed E-state index contributed by atoms with van der Waals surface area (Å²) in [5, 5.41) is 18.0. The molecule has 2 heterocycles. The fourth-order valence-electron chi connectivity index (χ4n) is 3.34. The number of aromatic nitrogens is 3. The Labute approximate surface area is 175 Å². The third kappa shape index (κ3) is 4.53. The maximum absolute atomic E-state index is 12.4. The second-order valence-electron chi connectivity index (χ2n) is 6.94. The average molecular weight is 421 g/mol. The van der Waals surface area contributed by atoms with E-state index in [0.29, 0.717) is 24.2 Å². The zero-order valence-corrected chi connectivity index (χ0v) is 16.4. The Kier molecular flexibility index (Phi) is 5.61. The number of hydrogen-bond donors (Lipinski definition) is 1. The molecule has 0 fully saturated rings. The third-order valence-electron chi connectivity index (χ3n) is 4.83. The average Bonchev–Trinajstić information content (AvgIpc) is 3.36. The first kappa shape index (κ1) is 20.1. The highest BCUT2D eigenvalue weighted by molar-refractivity contribution is 5.91. The fraction of sp³-hybridized carbons (Fsp3) is 0.190. The van der Waals surface area contributed by atoms with Gasteiger partial charge in [-0.1, -0.05) is 18.2 Å². The largest absolute Gasteiger partial charge is 0.419 e. The molecule has 0 saturated heterocycles. The van der Waals surface area contributed by atoms with Gasteiger partial charge in [-0.25, -0.2) is 4.79 Å². The van der Waals surface area contributed by atoms with Crippen LogP contribution in [0.5, 0.6) is 0 Å². The Hall–Kier alpha value is -4.21. The molecular weight excluding hydrogens is 402 g/mol. The van der Waals surface area contributed by atoms with Gasteiger partial charge in [-0.05, 0) is 30.2 Å². The molecule has 0 atom stereocenters. The summed E-state index contributed by atoms with van der Waals surface area (Å²) in [6.07, 6.45) is 4.14. The quantitative estimate of drug-likeness (QED) is 0.344. The van der Waals surface area contributed by atoms with Gasteiger partial charge in [-0.3, -0.25) is 24.2 Å². The number of nitrogens with zero attached hydrogens (tertiary/aromatic N) is 4. The summed E-state index contributed by atoms with van der Waals surface area (Å²) in [5.41, 5.74) is 2.10. The molecule has 0 aliphatic carbocycles. The fourth-order valence-corrected chi connectivity index (χ4v) is 3.34. The van der Waals surface area contributed by atoms with Gasteiger partial charge in [0.2, 0.25) is 5.91 Å². The molecule has 2 aromatic heterocycles. The minimum absolute atomic E-state index is 0.149. The van der Waals surface area contributed by atoms with E-state index >= 15 is 0 Å². The van der Waals surface area contributed by atoms with Crippen LogP contribution in [0.25, 0.3) is 11.1 Å². The monoisotopic (exact) mass is 421 g/mol. The van der Waals surface area contributed by atoms with Crippen molar-refractivity contribution in [3.8, 4) is 0 Å². The summed E-state index contributed by atoms with van der Waals surface area (Å²) in [6, 6.07) is 13.3. The van der Waals surface area contributed by atoms with Crippen LogP contribution in [0.1, 0.15) is 18.4 Å². The molecule has 31 heavy (non-hydrogen) atoms. The van der Waals surface area contributed by atoms with Gasteiger partial charge in [-0.2, -0.15) is 5.10 Å². The van der Waals surface area contributed by atoms with Crippen LogP contribution in [0, 0.1) is 10.1 Å². The molecule has 1 amide bonds. The van der Waals surface area contributed by atoms with E-state index in [9.17, 15) is 19.7 Å². The minimum atomic E-state index is -0.611. The lowest BCUT2D eigenvalue weighted by atomic mass is 10.1. The molecular formula is C21H19N5O5. The van der Waals surface area contributed by atoms with Gasteiger partial charge in [0.05, 0.1) is 23.1 Å². The maximum atomic E-state index is 12.4. The van der Waals surface area contributed by atoms with Crippen molar-refractivity contribution in [1.29, 1.82) is 0 Å². The number of non-ortho nitro benzene ring substituents is 1. The Morgan fingerprint density at radius 3 is 2.81 bits per heavy atom. The minimum Gasteiger partial charge on any atom is -0.407 e. The van der Waals surface area contributed by atoms with E-state index in [1.54, 1.807) is 10.9 Å². The highest BCUT2D eigenvalue weighted by Gasteiger charge is 2.14. The van der Waals surface area contributed by atoms with Crippen molar-refractivity contribution in [3.05, 3.63) is 87.2 Å². The van der Waals surface area contributed by atoms with E-state index in [1.165, 1.54) is 22.8 Å². The highest BCUT2D eigenvalue weighted by atomic mass is 16.6. The number of para-hydroxylation sites is 1. The van der Waals surface area contributed by atoms with E-state index < -0.39 is 10.7 Å². The zero-order chi connectivity index (χ0) is 21.8. The van der Waals surface area contributed by atoms with Crippen LogP contribution in [-0.2, 0) is 17.9 Å². The van der Waals surface area contributed by atoms with Crippen molar-refractivity contribution >= 4 is 28.4 Å². The number of carbonyl (C=O) groups excluding carboxylic acids is 1. The second-order valence-corrected chi connectivity index (χ2v) is 6.94. The molecule has 0 unspecified atom stereocenters. The predicted molar refractivity (Wildman–Crippen MR) is 113 cm³/mol. The van der Waals surface area contributed by atoms with Gasteiger partial charge in [0, 0.05) is 37.1 Å². The molecule has 4 rings (SSSR count). The van der Waals surface area contributed by atoms with Crippen molar-refractivity contribution in [2.24, 2.45) is 0 Å². The first-order valence-corrected chi connectivity index (χ1v) is 9.64. The van der Waals surface area contributed by atoms with Crippen LogP contribution in [0.4, 0.5) is 11.4 Å². The molecule has 1 N–H and O–H groups in total. The summed E-state index contributed by atoms with van der Waals surface area (Å²) in [7, 11) is 0. The van der Waals surface area contributed by atoms with Gasteiger partial charge < -0.3 is 9.73 Å². The van der Waals surface area contributed by atoms with Gasteiger partial charge >= 0.3 is 5.76 Å². The molecule has 158 valence electrons. The first-order chi connectivity index (χ1) is 15.0. The first-order valence-electron chi connectivity index (χ1n) is 9.64. The van der Waals surface area contributed by atoms with E-state index in [-0.39, 0.29) is 30.1 Å². The van der Waals surface area contributed by atoms with E-state index in [0.717, 1.165) is 5.56 Å². The van der Waals surface area contributed by atoms with Gasteiger partial charge in [0.15, 0.2) is 5.58 Å². The summed E-state index contributed by atoms with van der Waals surface area (Å²) in [5.74, 6) is -0.787. The number of aryl methyl sites for hydroxylation is 1. The molecule has 0 spiro atoms. The number of hydrogen-bond acceptors (Lipinski definition) is 6. The number of nitrogens with one attached hydrogen (secondary N) is 1. The Balaban J connectivity index is 1.39. The van der Waals surface area contributed by atoms with E-state index in [2.05, 4.69) is 10.4 Å². The molecule has 0 aliphatic rings. The van der Waals surface area contributed by atoms with Crippen molar-refractivity contribution in [2.45, 2.75) is 25.9 Å². The summed E-state index contributed by atoms with van der Waals surface area (Å²) >= 11 is 0. The summed E-state index contributed by atoms with van der Waals surface area (Å²) in [6.45, 7) is 0.790. The van der Waals surface area contributed by atoms with Crippen molar-refractivity contribution < 1.29 is 14.1 Å². The number of anilines is 1. The lowest BCUT2D eigenvalue weighted by Gasteiger charge is -2.11. The number of rotatable bonds is 8. The summed E-state index contributed by atoms with van der Waals surface area (Å²) < 4.78 is 8.25. The molecule has 10 nitrogen and oxygen atoms in total. The number of nitro benzene ring substituents is 1. The van der Waals surface area contributed by atoms with Crippen LogP contribution < -0.4 is 11.1 Å². The van der Waals surface area contributed by atoms with Crippen LogP contribution in [-0.4, -0.2) is 25.2 Å². The maximum Gasteiger partial charge on any atom is 0.419 e. The van der Waals surface area contributed by atoms with Crippen LogP contribution in [0.2, 0.25) is 0 Å². The smallest absolute Gasteiger partial charge is 0.407 e. The number of oxazole rings is 1. The van der Waals surface area contributed by atoms with E-state index in [1.807, 2.05) is 36.5 Å². The van der Waals surface area contributed by atoms with Crippen LogP contribution >= 0.6 is 0 Å². The number of amides is 1. The molecule has 0 aliphatic heterocycles. The third-order valence-corrected chi connectivity index (χ3v) is 4.83. The normalized spacial score (nSPS) is 11.0. The van der Waals surface area contributed by atoms with Crippen molar-refractivity contribution in [3.63, 3.8) is 0 Å². The van der Waals surface area contributed by atoms with Crippen molar-refractivity contribution in [1.82, 2.24) is 14.3 Å². The van der Waals surface area contributed by atoms with Gasteiger partial charge in [0.1, 0.15) is 0 Å². The Morgan fingerprint density at radius 1 is 1.19 bits per heavy atom. The number of carbonyl (C=O) groups is 1. The van der Waals surface area contributed by atoms with Gasteiger partial charge in [-0.15, -0.1) is 0 Å². The Morgan fingerprint density at radius 2 is 2.03 bits per heavy atom. The lowest BCUT2D eigenvalue weighted by Crippen LogP contribution is -2.17. The molecule has 0 radical (unpaired) electrons. The predicted octanol–water partition coefficient (Wildman–Crippen LogP) is 3.17. The molecule has 0 saturated carbocycles. The lowest BCUT2D eigenvalue weighted by molar-refractivity contribution is -0.384. The topological polar surface area (TPSA) is 125 Å². The summed E-state index contributed by atoms with van der Waals surface area (Å²) in [4.78, 5) is 34.9. The number of fused-ring (bicyclic) bond motifs is 1. The number of nitro groups is 1. The molecule has 4 aromatic rings.